The fourth-order valence-electron chi connectivity index (χ4n) is 3.12. The van der Waals surface area contributed by atoms with E-state index < -0.39 is 0 Å². The first-order chi connectivity index (χ1) is 10.3. The zero-order chi connectivity index (χ0) is 14.7. The Hall–Kier alpha value is -1.67. The number of pyridine rings is 1. The van der Waals surface area contributed by atoms with Crippen molar-refractivity contribution >= 4 is 0 Å². The third-order valence-electron chi connectivity index (χ3n) is 4.63. The Labute approximate surface area is 127 Å². The number of benzene rings is 1. The molecular weight excluding hydrogens is 256 g/mol. The Morgan fingerprint density at radius 3 is 2.52 bits per heavy atom. The summed E-state index contributed by atoms with van der Waals surface area (Å²) >= 11 is 0. The highest BCUT2D eigenvalue weighted by molar-refractivity contribution is 5.37. The van der Waals surface area contributed by atoms with Gasteiger partial charge in [0.1, 0.15) is 0 Å². The standard InChI is InChI=1S/C19H24N2/c1-3-21-19(18-11-12-20-13-14(18)2)17-9-7-16(8-10-17)15-5-4-6-15/h7-13,15,19,21H,3-6H2,1-2H3. The lowest BCUT2D eigenvalue weighted by Crippen LogP contribution is -2.23. The van der Waals surface area contributed by atoms with Crippen LogP contribution in [0.2, 0.25) is 0 Å². The van der Waals surface area contributed by atoms with Crippen molar-refractivity contribution in [2.24, 2.45) is 0 Å². The molecular formula is C19H24N2. The Morgan fingerprint density at radius 2 is 1.95 bits per heavy atom. The molecule has 1 aromatic heterocycles. The number of aromatic nitrogens is 1. The van der Waals surface area contributed by atoms with E-state index in [1.807, 2.05) is 12.4 Å². The molecule has 2 aromatic rings. The van der Waals surface area contributed by atoms with Crippen molar-refractivity contribution in [3.8, 4) is 0 Å². The molecule has 1 aromatic carbocycles. The van der Waals surface area contributed by atoms with Gasteiger partial charge in [0.2, 0.25) is 0 Å². The highest BCUT2D eigenvalue weighted by Gasteiger charge is 2.20. The molecule has 110 valence electrons. The Bertz CT molecular complexity index is 585. The summed E-state index contributed by atoms with van der Waals surface area (Å²) in [5.41, 5.74) is 5.41. The summed E-state index contributed by atoms with van der Waals surface area (Å²) in [5, 5.41) is 3.60. The largest absolute Gasteiger partial charge is 0.307 e. The van der Waals surface area contributed by atoms with E-state index in [1.54, 1.807) is 0 Å². The van der Waals surface area contributed by atoms with E-state index in [9.17, 15) is 0 Å². The molecule has 0 aliphatic heterocycles. The van der Waals surface area contributed by atoms with Gasteiger partial charge in [-0.1, -0.05) is 37.6 Å². The van der Waals surface area contributed by atoms with Gasteiger partial charge in [-0.25, -0.2) is 0 Å². The average molecular weight is 280 g/mol. The van der Waals surface area contributed by atoms with E-state index in [-0.39, 0.29) is 6.04 Å². The predicted octanol–water partition coefficient (Wildman–Crippen LogP) is 4.36. The maximum Gasteiger partial charge on any atom is 0.0580 e. The lowest BCUT2D eigenvalue weighted by Gasteiger charge is -2.27. The minimum Gasteiger partial charge on any atom is -0.307 e. The monoisotopic (exact) mass is 280 g/mol. The summed E-state index contributed by atoms with van der Waals surface area (Å²) in [6, 6.07) is 11.6. The molecule has 2 nitrogen and oxygen atoms in total. The Balaban J connectivity index is 1.88. The third-order valence-corrected chi connectivity index (χ3v) is 4.63. The molecule has 0 saturated heterocycles. The average Bonchev–Trinajstić information content (AvgIpc) is 2.45. The topological polar surface area (TPSA) is 24.9 Å². The summed E-state index contributed by atoms with van der Waals surface area (Å²) in [5.74, 6) is 0.805. The normalized spacial score (nSPS) is 16.5. The van der Waals surface area contributed by atoms with Crippen LogP contribution in [-0.4, -0.2) is 11.5 Å². The first-order valence-electron chi connectivity index (χ1n) is 8.03. The molecule has 3 rings (SSSR count). The smallest absolute Gasteiger partial charge is 0.0580 e. The van der Waals surface area contributed by atoms with Crippen molar-refractivity contribution in [3.63, 3.8) is 0 Å². The zero-order valence-corrected chi connectivity index (χ0v) is 13.0. The van der Waals surface area contributed by atoms with Crippen LogP contribution in [0.3, 0.4) is 0 Å². The van der Waals surface area contributed by atoms with Crippen LogP contribution >= 0.6 is 0 Å². The van der Waals surface area contributed by atoms with Gasteiger partial charge in [0.25, 0.3) is 0 Å². The van der Waals surface area contributed by atoms with Crippen molar-refractivity contribution in [2.45, 2.75) is 45.1 Å². The quantitative estimate of drug-likeness (QED) is 0.880. The summed E-state index contributed by atoms with van der Waals surface area (Å²) in [7, 11) is 0. The summed E-state index contributed by atoms with van der Waals surface area (Å²) < 4.78 is 0. The number of aryl methyl sites for hydroxylation is 1. The van der Waals surface area contributed by atoms with Gasteiger partial charge in [0, 0.05) is 12.4 Å². The number of hydrogen-bond acceptors (Lipinski definition) is 2. The molecule has 1 fully saturated rings. The molecule has 0 amide bonds. The van der Waals surface area contributed by atoms with Crippen molar-refractivity contribution in [3.05, 3.63) is 65.0 Å². The van der Waals surface area contributed by atoms with Crippen molar-refractivity contribution in [1.82, 2.24) is 10.3 Å². The molecule has 1 heterocycles. The fourth-order valence-corrected chi connectivity index (χ4v) is 3.12. The molecule has 1 N–H and O–H groups in total. The van der Waals surface area contributed by atoms with E-state index in [2.05, 4.69) is 54.5 Å². The number of rotatable bonds is 5. The lowest BCUT2D eigenvalue weighted by molar-refractivity contribution is 0.419. The predicted molar refractivity (Wildman–Crippen MR) is 87.5 cm³/mol. The van der Waals surface area contributed by atoms with Crippen molar-refractivity contribution in [1.29, 1.82) is 0 Å². The minimum absolute atomic E-state index is 0.258. The summed E-state index contributed by atoms with van der Waals surface area (Å²) in [4.78, 5) is 4.21. The van der Waals surface area contributed by atoms with Crippen LogP contribution in [0.4, 0.5) is 0 Å². The third kappa shape index (κ3) is 3.01. The number of nitrogens with zero attached hydrogens (tertiary/aromatic N) is 1. The minimum atomic E-state index is 0.258. The molecule has 0 radical (unpaired) electrons. The van der Waals surface area contributed by atoms with Gasteiger partial charge in [0.15, 0.2) is 0 Å². The first-order valence-corrected chi connectivity index (χ1v) is 8.03. The van der Waals surface area contributed by atoms with E-state index in [0.29, 0.717) is 0 Å². The van der Waals surface area contributed by atoms with Crippen molar-refractivity contribution < 1.29 is 0 Å². The van der Waals surface area contributed by atoms with Gasteiger partial charge < -0.3 is 5.32 Å². The van der Waals surface area contributed by atoms with Crippen LogP contribution < -0.4 is 5.32 Å². The molecule has 1 saturated carbocycles. The van der Waals surface area contributed by atoms with Crippen LogP contribution in [0, 0.1) is 6.92 Å². The molecule has 1 atom stereocenters. The van der Waals surface area contributed by atoms with E-state index >= 15 is 0 Å². The van der Waals surface area contributed by atoms with Crippen molar-refractivity contribution in [2.75, 3.05) is 6.54 Å². The summed E-state index contributed by atoms with van der Waals surface area (Å²) in [6.07, 6.45) is 7.94. The Morgan fingerprint density at radius 1 is 1.19 bits per heavy atom. The molecule has 1 aliphatic rings. The van der Waals surface area contributed by atoms with Gasteiger partial charge in [0.05, 0.1) is 6.04 Å². The fraction of sp³-hybridized carbons (Fsp3) is 0.421. The van der Waals surface area contributed by atoms with Crippen LogP contribution in [0.1, 0.15) is 60.4 Å². The number of nitrogens with one attached hydrogen (secondary N) is 1. The molecule has 2 heteroatoms. The van der Waals surface area contributed by atoms with E-state index in [0.717, 1.165) is 12.5 Å². The van der Waals surface area contributed by atoms with Gasteiger partial charge in [-0.05, 0) is 60.5 Å². The molecule has 1 unspecified atom stereocenters. The second-order valence-electron chi connectivity index (χ2n) is 6.02. The molecule has 0 spiro atoms. The van der Waals surface area contributed by atoms with Crippen LogP contribution in [0.15, 0.2) is 42.7 Å². The maximum absolute atomic E-state index is 4.21. The lowest BCUT2D eigenvalue weighted by atomic mass is 9.79. The van der Waals surface area contributed by atoms with Crippen LogP contribution in [-0.2, 0) is 0 Å². The first kappa shape index (κ1) is 14.3. The number of hydrogen-bond donors (Lipinski definition) is 1. The molecule has 21 heavy (non-hydrogen) atoms. The van der Waals surface area contributed by atoms with Gasteiger partial charge in [-0.3, -0.25) is 4.98 Å². The highest BCUT2D eigenvalue weighted by Crippen LogP contribution is 2.37. The van der Waals surface area contributed by atoms with Gasteiger partial charge in [-0.2, -0.15) is 0 Å². The second-order valence-corrected chi connectivity index (χ2v) is 6.02. The summed E-state index contributed by atoms with van der Waals surface area (Å²) in [6.45, 7) is 5.25. The van der Waals surface area contributed by atoms with Gasteiger partial charge >= 0.3 is 0 Å². The second kappa shape index (κ2) is 6.40. The zero-order valence-electron chi connectivity index (χ0n) is 13.0. The maximum atomic E-state index is 4.21. The van der Waals surface area contributed by atoms with Gasteiger partial charge in [-0.15, -0.1) is 0 Å². The van der Waals surface area contributed by atoms with E-state index in [4.69, 9.17) is 0 Å². The molecule has 1 aliphatic carbocycles. The SMILES string of the molecule is CCNC(c1ccc(C2CCC2)cc1)c1ccncc1C. The van der Waals surface area contributed by atoms with Crippen LogP contribution in [0.25, 0.3) is 0 Å². The molecule has 0 bridgehead atoms. The van der Waals surface area contributed by atoms with Crippen LogP contribution in [0.5, 0.6) is 0 Å². The Kier molecular flexibility index (Phi) is 4.35. The highest BCUT2D eigenvalue weighted by atomic mass is 14.9. The van der Waals surface area contributed by atoms with E-state index in [1.165, 1.54) is 41.5 Å².